The molecule has 0 aromatic carbocycles. The fourth-order valence-corrected chi connectivity index (χ4v) is 1.65. The lowest BCUT2D eigenvalue weighted by atomic mass is 10.2. The molecule has 0 unspecified atom stereocenters. The van der Waals surface area contributed by atoms with Crippen molar-refractivity contribution in [3.63, 3.8) is 0 Å². The zero-order chi connectivity index (χ0) is 13.1. The Kier molecular flexibility index (Phi) is 3.32. The van der Waals surface area contributed by atoms with E-state index in [0.29, 0.717) is 6.54 Å². The number of pyridine rings is 1. The summed E-state index contributed by atoms with van der Waals surface area (Å²) in [5, 5.41) is 8.79. The van der Waals surface area contributed by atoms with Crippen LogP contribution in [0.15, 0.2) is 35.1 Å². The van der Waals surface area contributed by atoms with Gasteiger partial charge in [0.2, 0.25) is 0 Å². The summed E-state index contributed by atoms with van der Waals surface area (Å²) in [6, 6.07) is 5.15. The van der Waals surface area contributed by atoms with Crippen LogP contribution in [0.3, 0.4) is 0 Å². The standard InChI is InChI=1S/C13H14N2O3/c1-9-11(5-6-18-9)8-15(2)12-4-3-10(7-14-12)13(16)17/h3-7H,8H2,1-2H3,(H,16,17). The molecule has 2 aromatic rings. The van der Waals surface area contributed by atoms with Gasteiger partial charge in [-0.2, -0.15) is 0 Å². The molecule has 5 nitrogen and oxygen atoms in total. The number of hydrogen-bond donors (Lipinski definition) is 1. The van der Waals surface area contributed by atoms with E-state index in [1.807, 2.05) is 24.9 Å². The smallest absolute Gasteiger partial charge is 0.337 e. The van der Waals surface area contributed by atoms with Gasteiger partial charge in [0.05, 0.1) is 11.8 Å². The van der Waals surface area contributed by atoms with Crippen molar-refractivity contribution >= 4 is 11.8 Å². The molecule has 0 saturated heterocycles. The fourth-order valence-electron chi connectivity index (χ4n) is 1.65. The number of carboxylic acids is 1. The van der Waals surface area contributed by atoms with E-state index < -0.39 is 5.97 Å². The van der Waals surface area contributed by atoms with Crippen molar-refractivity contribution in [1.82, 2.24) is 4.98 Å². The number of hydrogen-bond acceptors (Lipinski definition) is 4. The summed E-state index contributed by atoms with van der Waals surface area (Å²) in [7, 11) is 1.90. The first kappa shape index (κ1) is 12.2. The predicted molar refractivity (Wildman–Crippen MR) is 66.7 cm³/mol. The first-order valence-electron chi connectivity index (χ1n) is 5.51. The van der Waals surface area contributed by atoms with Gasteiger partial charge in [-0.3, -0.25) is 0 Å². The number of aromatic carboxylic acids is 1. The molecular formula is C13H14N2O3. The van der Waals surface area contributed by atoms with Crippen molar-refractivity contribution in [2.24, 2.45) is 0 Å². The number of anilines is 1. The molecule has 2 aromatic heterocycles. The molecule has 0 bridgehead atoms. The van der Waals surface area contributed by atoms with Gasteiger partial charge < -0.3 is 14.4 Å². The van der Waals surface area contributed by atoms with E-state index in [9.17, 15) is 4.79 Å². The molecule has 0 aliphatic heterocycles. The highest BCUT2D eigenvalue weighted by Gasteiger charge is 2.09. The average molecular weight is 246 g/mol. The maximum Gasteiger partial charge on any atom is 0.337 e. The first-order chi connectivity index (χ1) is 8.58. The number of carboxylic acid groups (broad SMARTS) is 1. The topological polar surface area (TPSA) is 66.6 Å². The van der Waals surface area contributed by atoms with Crippen LogP contribution in [-0.4, -0.2) is 23.1 Å². The second-order valence-electron chi connectivity index (χ2n) is 4.07. The summed E-state index contributed by atoms with van der Waals surface area (Å²) in [4.78, 5) is 16.8. The zero-order valence-electron chi connectivity index (χ0n) is 10.3. The highest BCUT2D eigenvalue weighted by molar-refractivity contribution is 5.87. The first-order valence-corrected chi connectivity index (χ1v) is 5.51. The van der Waals surface area contributed by atoms with E-state index in [2.05, 4.69) is 4.98 Å². The largest absolute Gasteiger partial charge is 0.478 e. The van der Waals surface area contributed by atoms with Crippen molar-refractivity contribution in [3.8, 4) is 0 Å². The maximum atomic E-state index is 10.7. The molecule has 0 radical (unpaired) electrons. The van der Waals surface area contributed by atoms with Gasteiger partial charge in [0.1, 0.15) is 11.6 Å². The van der Waals surface area contributed by atoms with Gasteiger partial charge in [0, 0.05) is 25.4 Å². The zero-order valence-corrected chi connectivity index (χ0v) is 10.3. The number of rotatable bonds is 4. The van der Waals surface area contributed by atoms with Crippen LogP contribution < -0.4 is 4.90 Å². The molecule has 5 heteroatoms. The third-order valence-electron chi connectivity index (χ3n) is 2.76. The lowest BCUT2D eigenvalue weighted by Gasteiger charge is -2.17. The van der Waals surface area contributed by atoms with E-state index in [-0.39, 0.29) is 5.56 Å². The van der Waals surface area contributed by atoms with Crippen LogP contribution in [-0.2, 0) is 6.54 Å². The van der Waals surface area contributed by atoms with Gasteiger partial charge in [0.25, 0.3) is 0 Å². The molecule has 1 N–H and O–H groups in total. The van der Waals surface area contributed by atoms with Crippen LogP contribution >= 0.6 is 0 Å². The van der Waals surface area contributed by atoms with Crippen molar-refractivity contribution < 1.29 is 14.3 Å². The SMILES string of the molecule is Cc1occc1CN(C)c1ccc(C(=O)O)cn1. The molecule has 0 aliphatic carbocycles. The van der Waals surface area contributed by atoms with E-state index in [4.69, 9.17) is 9.52 Å². The lowest BCUT2D eigenvalue weighted by Crippen LogP contribution is -2.18. The van der Waals surface area contributed by atoms with Gasteiger partial charge >= 0.3 is 5.97 Å². The molecule has 0 fully saturated rings. The Balaban J connectivity index is 2.12. The summed E-state index contributed by atoms with van der Waals surface area (Å²) in [6.07, 6.45) is 3.01. The summed E-state index contributed by atoms with van der Waals surface area (Å²) in [5.41, 5.74) is 1.27. The van der Waals surface area contributed by atoms with E-state index >= 15 is 0 Å². The van der Waals surface area contributed by atoms with Gasteiger partial charge in [-0.1, -0.05) is 0 Å². The summed E-state index contributed by atoms with van der Waals surface area (Å²) in [6.45, 7) is 2.58. The number of aryl methyl sites for hydroxylation is 1. The molecule has 94 valence electrons. The van der Waals surface area contributed by atoms with E-state index in [1.165, 1.54) is 6.20 Å². The fraction of sp³-hybridized carbons (Fsp3) is 0.231. The second kappa shape index (κ2) is 4.91. The maximum absolute atomic E-state index is 10.7. The summed E-state index contributed by atoms with van der Waals surface area (Å²) >= 11 is 0. The minimum atomic E-state index is -0.970. The van der Waals surface area contributed by atoms with Crippen molar-refractivity contribution in [1.29, 1.82) is 0 Å². The van der Waals surface area contributed by atoms with Crippen LogP contribution in [0.1, 0.15) is 21.7 Å². The van der Waals surface area contributed by atoms with Crippen LogP contribution in [0.5, 0.6) is 0 Å². The molecule has 2 rings (SSSR count). The quantitative estimate of drug-likeness (QED) is 0.896. The summed E-state index contributed by atoms with van der Waals surface area (Å²) < 4.78 is 5.23. The minimum Gasteiger partial charge on any atom is -0.478 e. The third-order valence-corrected chi connectivity index (χ3v) is 2.76. The molecule has 0 saturated carbocycles. The number of carbonyl (C=O) groups is 1. The molecular weight excluding hydrogens is 232 g/mol. The van der Waals surface area contributed by atoms with Crippen molar-refractivity contribution in [2.75, 3.05) is 11.9 Å². The molecule has 2 heterocycles. The number of aromatic nitrogens is 1. The molecule has 0 amide bonds. The highest BCUT2D eigenvalue weighted by Crippen LogP contribution is 2.16. The minimum absolute atomic E-state index is 0.187. The molecule has 0 aliphatic rings. The number of furan rings is 1. The van der Waals surface area contributed by atoms with Crippen LogP contribution in [0.2, 0.25) is 0 Å². The molecule has 0 spiro atoms. The second-order valence-corrected chi connectivity index (χ2v) is 4.07. The van der Waals surface area contributed by atoms with Crippen LogP contribution in [0.4, 0.5) is 5.82 Å². The monoisotopic (exact) mass is 246 g/mol. The third kappa shape index (κ3) is 2.51. The Morgan fingerprint density at radius 1 is 1.44 bits per heavy atom. The van der Waals surface area contributed by atoms with E-state index in [0.717, 1.165) is 17.1 Å². The van der Waals surface area contributed by atoms with Crippen molar-refractivity contribution in [2.45, 2.75) is 13.5 Å². The van der Waals surface area contributed by atoms with E-state index in [1.54, 1.807) is 18.4 Å². The van der Waals surface area contributed by atoms with Crippen molar-refractivity contribution in [3.05, 3.63) is 47.5 Å². The van der Waals surface area contributed by atoms with Gasteiger partial charge in [-0.25, -0.2) is 9.78 Å². The number of nitrogens with zero attached hydrogens (tertiary/aromatic N) is 2. The Bertz CT molecular complexity index is 546. The molecule has 18 heavy (non-hydrogen) atoms. The Hall–Kier alpha value is -2.30. The Morgan fingerprint density at radius 2 is 2.22 bits per heavy atom. The van der Waals surface area contributed by atoms with Crippen LogP contribution in [0.25, 0.3) is 0 Å². The Labute approximate surface area is 105 Å². The van der Waals surface area contributed by atoms with Gasteiger partial charge in [-0.05, 0) is 25.1 Å². The average Bonchev–Trinajstić information content (AvgIpc) is 2.75. The normalized spacial score (nSPS) is 10.3. The molecule has 0 atom stereocenters. The van der Waals surface area contributed by atoms with Crippen LogP contribution in [0, 0.1) is 6.92 Å². The Morgan fingerprint density at radius 3 is 2.72 bits per heavy atom. The van der Waals surface area contributed by atoms with Gasteiger partial charge in [0.15, 0.2) is 0 Å². The summed E-state index contributed by atoms with van der Waals surface area (Å²) in [5.74, 6) is 0.631. The lowest BCUT2D eigenvalue weighted by molar-refractivity contribution is 0.0696. The van der Waals surface area contributed by atoms with Gasteiger partial charge in [-0.15, -0.1) is 0 Å². The predicted octanol–water partition coefficient (Wildman–Crippen LogP) is 2.32. The highest BCUT2D eigenvalue weighted by atomic mass is 16.4.